The summed E-state index contributed by atoms with van der Waals surface area (Å²) < 4.78 is 6.79. The molecule has 2 fully saturated rings. The van der Waals surface area contributed by atoms with Gasteiger partial charge in [0.05, 0.1) is 18.4 Å². The number of likely N-dealkylation sites (tertiary alicyclic amines) is 1. The van der Waals surface area contributed by atoms with Crippen LogP contribution in [0.1, 0.15) is 38.6 Å². The first-order chi connectivity index (χ1) is 11.7. The Morgan fingerprint density at radius 3 is 2.71 bits per heavy atom. The zero-order chi connectivity index (χ0) is 16.9. The quantitative estimate of drug-likeness (QED) is 0.755. The molecule has 2 aliphatic rings. The standard InChI is InChI=1S/C14H22N6O3S/c1-2-23-14(22)19-7-5-10(6-8-19)15-12(21)9-24-13-16-17-18-20(13)11-3-4-11/h10-11H,2-9H2,1H3,(H,15,21). The summed E-state index contributed by atoms with van der Waals surface area (Å²) in [5.74, 6) is 0.269. The van der Waals surface area contributed by atoms with Crippen LogP contribution in [0.25, 0.3) is 0 Å². The summed E-state index contributed by atoms with van der Waals surface area (Å²) in [6, 6.07) is 0.501. The Hall–Kier alpha value is -1.84. The Balaban J connectivity index is 1.38. The van der Waals surface area contributed by atoms with Gasteiger partial charge >= 0.3 is 6.09 Å². The highest BCUT2D eigenvalue weighted by atomic mass is 32.2. The lowest BCUT2D eigenvalue weighted by molar-refractivity contribution is -0.119. The lowest BCUT2D eigenvalue weighted by Gasteiger charge is -2.31. The number of nitrogens with zero attached hydrogens (tertiary/aromatic N) is 5. The second kappa shape index (κ2) is 7.82. The zero-order valence-corrected chi connectivity index (χ0v) is 14.5. The molecule has 1 saturated heterocycles. The number of tetrazole rings is 1. The zero-order valence-electron chi connectivity index (χ0n) is 13.7. The summed E-state index contributed by atoms with van der Waals surface area (Å²) >= 11 is 1.36. The molecule has 2 heterocycles. The van der Waals surface area contributed by atoms with Crippen LogP contribution in [0.15, 0.2) is 5.16 Å². The number of hydrogen-bond donors (Lipinski definition) is 1. The molecule has 10 heteroatoms. The summed E-state index contributed by atoms with van der Waals surface area (Å²) in [5, 5.41) is 15.3. The summed E-state index contributed by atoms with van der Waals surface area (Å²) in [4.78, 5) is 25.4. The van der Waals surface area contributed by atoms with Gasteiger partial charge in [-0.05, 0) is 43.0 Å². The first kappa shape index (κ1) is 17.0. The molecule has 0 unspecified atom stereocenters. The Kier molecular flexibility index (Phi) is 5.54. The smallest absolute Gasteiger partial charge is 0.409 e. The highest BCUT2D eigenvalue weighted by Gasteiger charge is 2.28. The highest BCUT2D eigenvalue weighted by Crippen LogP contribution is 2.36. The molecule has 2 amide bonds. The van der Waals surface area contributed by atoms with Gasteiger partial charge in [0.25, 0.3) is 0 Å². The van der Waals surface area contributed by atoms with Crippen molar-refractivity contribution >= 4 is 23.8 Å². The third-order valence-electron chi connectivity index (χ3n) is 4.07. The largest absolute Gasteiger partial charge is 0.450 e. The van der Waals surface area contributed by atoms with E-state index in [9.17, 15) is 9.59 Å². The van der Waals surface area contributed by atoms with E-state index in [1.165, 1.54) is 11.8 Å². The maximum Gasteiger partial charge on any atom is 0.409 e. The first-order valence-electron chi connectivity index (χ1n) is 8.29. The highest BCUT2D eigenvalue weighted by molar-refractivity contribution is 7.99. The molecule has 9 nitrogen and oxygen atoms in total. The van der Waals surface area contributed by atoms with Gasteiger partial charge in [0.2, 0.25) is 11.1 Å². The van der Waals surface area contributed by atoms with Crippen molar-refractivity contribution in [1.82, 2.24) is 30.4 Å². The first-order valence-corrected chi connectivity index (χ1v) is 9.27. The second-order valence-corrected chi connectivity index (χ2v) is 6.90. The van der Waals surface area contributed by atoms with E-state index in [2.05, 4.69) is 20.8 Å². The van der Waals surface area contributed by atoms with Crippen molar-refractivity contribution in [1.29, 1.82) is 0 Å². The number of ether oxygens (including phenoxy) is 1. The molecule has 132 valence electrons. The number of nitrogens with one attached hydrogen (secondary N) is 1. The number of thioether (sulfide) groups is 1. The van der Waals surface area contributed by atoms with E-state index >= 15 is 0 Å². The molecule has 24 heavy (non-hydrogen) atoms. The molecule has 0 radical (unpaired) electrons. The lowest BCUT2D eigenvalue weighted by atomic mass is 10.1. The van der Waals surface area contributed by atoms with E-state index in [0.717, 1.165) is 25.7 Å². The van der Waals surface area contributed by atoms with Crippen molar-refractivity contribution in [2.75, 3.05) is 25.4 Å². The fourth-order valence-electron chi connectivity index (χ4n) is 2.65. The molecule has 0 aromatic carbocycles. The number of rotatable bonds is 6. The summed E-state index contributed by atoms with van der Waals surface area (Å²) in [6.45, 7) is 3.39. The Morgan fingerprint density at radius 1 is 1.29 bits per heavy atom. The summed E-state index contributed by atoms with van der Waals surface area (Å²) in [7, 11) is 0. The van der Waals surface area contributed by atoms with Crippen molar-refractivity contribution in [3.8, 4) is 0 Å². The predicted molar refractivity (Wildman–Crippen MR) is 86.6 cm³/mol. The molecule has 1 aromatic rings. The number of carbonyl (C=O) groups is 2. The molecular weight excluding hydrogens is 332 g/mol. The molecule has 0 atom stereocenters. The molecule has 1 saturated carbocycles. The minimum absolute atomic E-state index is 0.0278. The van der Waals surface area contributed by atoms with Crippen LogP contribution in [-0.4, -0.2) is 68.6 Å². The molecule has 1 aliphatic heterocycles. The van der Waals surface area contributed by atoms with Gasteiger partial charge in [0, 0.05) is 19.1 Å². The van der Waals surface area contributed by atoms with Crippen molar-refractivity contribution in [3.63, 3.8) is 0 Å². The van der Waals surface area contributed by atoms with Gasteiger partial charge in [0.1, 0.15) is 0 Å². The fraction of sp³-hybridized carbons (Fsp3) is 0.786. The van der Waals surface area contributed by atoms with E-state index < -0.39 is 0 Å². The Labute approximate surface area is 144 Å². The Morgan fingerprint density at radius 2 is 2.04 bits per heavy atom. The molecule has 0 spiro atoms. The third-order valence-corrected chi connectivity index (χ3v) is 5.01. The van der Waals surface area contributed by atoms with E-state index in [4.69, 9.17) is 4.74 Å². The molecule has 1 N–H and O–H groups in total. The molecule has 1 aromatic heterocycles. The van der Waals surface area contributed by atoms with E-state index in [0.29, 0.717) is 36.6 Å². The average Bonchev–Trinajstić information content (AvgIpc) is 3.32. The Bertz CT molecular complexity index is 583. The van der Waals surface area contributed by atoms with Gasteiger partial charge < -0.3 is 15.0 Å². The van der Waals surface area contributed by atoms with Gasteiger partial charge in [-0.1, -0.05) is 11.8 Å². The van der Waals surface area contributed by atoms with Crippen LogP contribution in [0.5, 0.6) is 0 Å². The maximum atomic E-state index is 12.1. The maximum absolute atomic E-state index is 12.1. The van der Waals surface area contributed by atoms with Gasteiger partial charge in [-0.3, -0.25) is 4.79 Å². The van der Waals surface area contributed by atoms with Gasteiger partial charge in [-0.15, -0.1) is 5.10 Å². The van der Waals surface area contributed by atoms with Gasteiger partial charge in [-0.25, -0.2) is 9.48 Å². The van der Waals surface area contributed by atoms with Crippen LogP contribution in [0.4, 0.5) is 4.79 Å². The molecule has 1 aliphatic carbocycles. The van der Waals surface area contributed by atoms with Crippen molar-refractivity contribution in [3.05, 3.63) is 0 Å². The van der Waals surface area contributed by atoms with Crippen LogP contribution in [0, 0.1) is 0 Å². The number of hydrogen-bond acceptors (Lipinski definition) is 7. The minimum Gasteiger partial charge on any atom is -0.450 e. The monoisotopic (exact) mass is 354 g/mol. The topological polar surface area (TPSA) is 102 Å². The normalized spacial score (nSPS) is 18.5. The van der Waals surface area contributed by atoms with Crippen LogP contribution < -0.4 is 5.32 Å². The van der Waals surface area contributed by atoms with Crippen molar-refractivity contribution < 1.29 is 14.3 Å². The van der Waals surface area contributed by atoms with Gasteiger partial charge in [0.15, 0.2) is 0 Å². The minimum atomic E-state index is -0.273. The van der Waals surface area contributed by atoms with Crippen LogP contribution in [0.3, 0.4) is 0 Å². The molecular formula is C14H22N6O3S. The fourth-order valence-corrected chi connectivity index (χ4v) is 3.40. The number of piperidine rings is 1. The van der Waals surface area contributed by atoms with E-state index in [1.54, 1.807) is 16.5 Å². The van der Waals surface area contributed by atoms with E-state index in [-0.39, 0.29) is 18.0 Å². The average molecular weight is 354 g/mol. The molecule has 3 rings (SSSR count). The third kappa shape index (κ3) is 4.37. The second-order valence-electron chi connectivity index (χ2n) is 5.95. The van der Waals surface area contributed by atoms with E-state index in [1.807, 2.05) is 0 Å². The number of amides is 2. The van der Waals surface area contributed by atoms with Crippen molar-refractivity contribution in [2.24, 2.45) is 0 Å². The predicted octanol–water partition coefficient (Wildman–Crippen LogP) is 0.837. The SMILES string of the molecule is CCOC(=O)N1CCC(NC(=O)CSc2nnnn2C2CC2)CC1. The molecule has 0 bridgehead atoms. The van der Waals surface area contributed by atoms with Crippen LogP contribution >= 0.6 is 11.8 Å². The number of carbonyl (C=O) groups excluding carboxylic acids is 2. The van der Waals surface area contributed by atoms with Crippen molar-refractivity contribution in [2.45, 2.75) is 49.8 Å². The number of aromatic nitrogens is 4. The van der Waals surface area contributed by atoms with Crippen LogP contribution in [0.2, 0.25) is 0 Å². The summed E-state index contributed by atoms with van der Waals surface area (Å²) in [6.07, 6.45) is 3.42. The van der Waals surface area contributed by atoms with Gasteiger partial charge in [-0.2, -0.15) is 0 Å². The van der Waals surface area contributed by atoms with Crippen LogP contribution in [-0.2, 0) is 9.53 Å². The lowest BCUT2D eigenvalue weighted by Crippen LogP contribution is -2.47. The summed E-state index contributed by atoms with van der Waals surface area (Å²) in [5.41, 5.74) is 0.